The monoisotopic (exact) mass is 509 g/mol. The van der Waals surface area contributed by atoms with Crippen molar-refractivity contribution in [2.75, 3.05) is 13.2 Å². The van der Waals surface area contributed by atoms with Gasteiger partial charge >= 0.3 is 5.97 Å². The SMILES string of the molecule is CC(=Cc1csc(C)n1)[C@@H]1C[C@@H]2O[C@]2(C)COC[C@H](C)[C@H](O)[C@@H](C)C(=O)C(C)(C)[C@@H](O)CC(=O)O1. The van der Waals surface area contributed by atoms with Crippen LogP contribution in [0.1, 0.15) is 65.1 Å². The van der Waals surface area contributed by atoms with E-state index in [1.54, 1.807) is 32.1 Å². The van der Waals surface area contributed by atoms with Crippen molar-refractivity contribution in [2.45, 2.75) is 91.3 Å². The molecule has 2 aliphatic heterocycles. The Morgan fingerprint density at radius 3 is 2.54 bits per heavy atom. The van der Waals surface area contributed by atoms with Gasteiger partial charge in [-0.1, -0.05) is 27.7 Å². The standard InChI is InChI=1S/C26H39NO7S/c1-14(8-18-12-35-17(4)27-18)19-9-21-26(7,34-21)13-32-11-15(2)23(30)16(3)24(31)25(5,6)20(28)10-22(29)33-19/h8,12,15-16,19-21,23,28,30H,9-11,13H2,1-7H3/t15-,16+,19-,20-,21-,23-,26+/m0/s1. The van der Waals surface area contributed by atoms with E-state index in [0.717, 1.165) is 16.3 Å². The summed E-state index contributed by atoms with van der Waals surface area (Å²) in [5.74, 6) is -1.94. The Morgan fingerprint density at radius 2 is 1.91 bits per heavy atom. The van der Waals surface area contributed by atoms with Crippen LogP contribution in [0.25, 0.3) is 6.08 Å². The molecule has 0 aromatic carbocycles. The van der Waals surface area contributed by atoms with Gasteiger partial charge in [0.05, 0.1) is 54.1 Å². The maximum absolute atomic E-state index is 13.2. The Bertz CT molecular complexity index is 957. The molecule has 2 saturated heterocycles. The fourth-order valence-corrected chi connectivity index (χ4v) is 5.14. The molecule has 8 nitrogen and oxygen atoms in total. The number of ether oxygens (including phenoxy) is 3. The van der Waals surface area contributed by atoms with Crippen molar-refractivity contribution < 1.29 is 34.0 Å². The minimum Gasteiger partial charge on any atom is -0.458 e. The van der Waals surface area contributed by atoms with Crippen LogP contribution in [0.3, 0.4) is 0 Å². The smallest absolute Gasteiger partial charge is 0.309 e. The molecule has 0 saturated carbocycles. The maximum atomic E-state index is 13.2. The highest BCUT2D eigenvalue weighted by molar-refractivity contribution is 7.09. The zero-order chi connectivity index (χ0) is 26.1. The second kappa shape index (κ2) is 10.8. The number of thiazole rings is 1. The molecule has 0 aliphatic carbocycles. The van der Waals surface area contributed by atoms with Gasteiger partial charge in [-0.3, -0.25) is 9.59 Å². The average Bonchev–Trinajstić information content (AvgIpc) is 3.22. The van der Waals surface area contributed by atoms with Crippen molar-refractivity contribution in [3.63, 3.8) is 0 Å². The van der Waals surface area contributed by atoms with Crippen molar-refractivity contribution in [2.24, 2.45) is 17.3 Å². The van der Waals surface area contributed by atoms with Gasteiger partial charge in [0.15, 0.2) is 0 Å². The van der Waals surface area contributed by atoms with Gasteiger partial charge in [0.1, 0.15) is 17.5 Å². The molecule has 2 N–H and O–H groups in total. The molecule has 0 bridgehead atoms. The van der Waals surface area contributed by atoms with Crippen molar-refractivity contribution in [3.05, 3.63) is 21.7 Å². The Hall–Kier alpha value is -1.65. The van der Waals surface area contributed by atoms with E-state index in [2.05, 4.69) is 4.98 Å². The molecule has 3 heterocycles. The number of carbonyl (C=O) groups excluding carboxylic acids is 2. The van der Waals surface area contributed by atoms with Crippen LogP contribution in [0.2, 0.25) is 0 Å². The molecular formula is C26H39NO7S. The van der Waals surface area contributed by atoms with Gasteiger partial charge < -0.3 is 24.4 Å². The number of aliphatic hydroxyl groups excluding tert-OH is 2. The predicted molar refractivity (Wildman–Crippen MR) is 133 cm³/mol. The highest BCUT2D eigenvalue weighted by atomic mass is 32.1. The quantitative estimate of drug-likeness (QED) is 0.460. The first-order valence-electron chi connectivity index (χ1n) is 12.2. The summed E-state index contributed by atoms with van der Waals surface area (Å²) in [5.41, 5.74) is -0.149. The molecule has 0 radical (unpaired) electrons. The number of cyclic esters (lactones) is 1. The van der Waals surface area contributed by atoms with Crippen LogP contribution in [-0.2, 0) is 23.8 Å². The van der Waals surface area contributed by atoms with Crippen LogP contribution in [-0.4, -0.2) is 70.2 Å². The van der Waals surface area contributed by atoms with Gasteiger partial charge in [-0.25, -0.2) is 4.98 Å². The van der Waals surface area contributed by atoms with Crippen LogP contribution in [0.15, 0.2) is 11.0 Å². The fraction of sp³-hybridized carbons (Fsp3) is 0.731. The highest BCUT2D eigenvalue weighted by Gasteiger charge is 2.54. The van der Waals surface area contributed by atoms with E-state index in [1.807, 2.05) is 39.2 Å². The number of aromatic nitrogens is 1. The van der Waals surface area contributed by atoms with Crippen molar-refractivity contribution in [1.82, 2.24) is 4.98 Å². The summed E-state index contributed by atoms with van der Waals surface area (Å²) in [4.78, 5) is 30.5. The minimum atomic E-state index is -1.26. The molecular weight excluding hydrogens is 470 g/mol. The molecule has 1 aromatic rings. The molecule has 0 spiro atoms. The van der Waals surface area contributed by atoms with E-state index in [4.69, 9.17) is 14.2 Å². The third-order valence-corrected chi connectivity index (χ3v) is 8.16. The summed E-state index contributed by atoms with van der Waals surface area (Å²) in [6.07, 6.45) is -0.947. The second-order valence-corrected chi connectivity index (χ2v) is 12.0. The third-order valence-electron chi connectivity index (χ3n) is 7.36. The maximum Gasteiger partial charge on any atom is 0.309 e. The molecule has 0 unspecified atom stereocenters. The summed E-state index contributed by atoms with van der Waals surface area (Å²) in [7, 11) is 0. The van der Waals surface area contributed by atoms with E-state index in [9.17, 15) is 19.8 Å². The molecule has 2 aliphatic rings. The Balaban J connectivity index is 1.85. The molecule has 35 heavy (non-hydrogen) atoms. The Morgan fingerprint density at radius 1 is 1.23 bits per heavy atom. The van der Waals surface area contributed by atoms with Crippen LogP contribution in [0.5, 0.6) is 0 Å². The summed E-state index contributed by atoms with van der Waals surface area (Å²) >= 11 is 1.54. The number of rotatable bonds is 2. The topological polar surface area (TPSA) is 118 Å². The van der Waals surface area contributed by atoms with Crippen LogP contribution < -0.4 is 0 Å². The number of esters is 1. The number of aryl methyl sites for hydroxylation is 1. The summed E-state index contributed by atoms with van der Waals surface area (Å²) in [6, 6.07) is 0. The first kappa shape index (κ1) is 27.9. The minimum absolute atomic E-state index is 0.171. The molecule has 0 amide bonds. The largest absolute Gasteiger partial charge is 0.458 e. The molecule has 9 heteroatoms. The van der Waals surface area contributed by atoms with E-state index in [0.29, 0.717) is 13.0 Å². The lowest BCUT2D eigenvalue weighted by atomic mass is 9.73. The molecule has 3 rings (SSSR count). The van der Waals surface area contributed by atoms with Gasteiger partial charge in [0.2, 0.25) is 0 Å². The van der Waals surface area contributed by atoms with E-state index in [1.165, 1.54) is 0 Å². The van der Waals surface area contributed by atoms with Crippen LogP contribution in [0, 0.1) is 24.2 Å². The van der Waals surface area contributed by atoms with Crippen LogP contribution in [0.4, 0.5) is 0 Å². The number of fused-ring (bicyclic) bond motifs is 1. The first-order valence-corrected chi connectivity index (χ1v) is 13.1. The summed E-state index contributed by atoms with van der Waals surface area (Å²) in [6.45, 7) is 13.0. The molecule has 2 fully saturated rings. The van der Waals surface area contributed by atoms with Crippen molar-refractivity contribution in [1.29, 1.82) is 0 Å². The zero-order valence-electron chi connectivity index (χ0n) is 21.7. The van der Waals surface area contributed by atoms with E-state index >= 15 is 0 Å². The predicted octanol–water partition coefficient (Wildman–Crippen LogP) is 3.32. The molecule has 7 atom stereocenters. The number of carbonyl (C=O) groups is 2. The number of aliphatic hydroxyl groups is 2. The van der Waals surface area contributed by atoms with Gasteiger partial charge in [0.25, 0.3) is 0 Å². The van der Waals surface area contributed by atoms with E-state index < -0.39 is 41.2 Å². The van der Waals surface area contributed by atoms with Crippen LogP contribution >= 0.6 is 11.3 Å². The van der Waals surface area contributed by atoms with Crippen molar-refractivity contribution >= 4 is 29.2 Å². The molecule has 196 valence electrons. The zero-order valence-corrected chi connectivity index (χ0v) is 22.6. The third kappa shape index (κ3) is 6.57. The number of Topliss-reactive ketones (excluding diaryl/α,β-unsaturated/α-hetero) is 1. The first-order chi connectivity index (χ1) is 16.2. The molecule has 1 aromatic heterocycles. The van der Waals surface area contributed by atoms with Crippen molar-refractivity contribution in [3.8, 4) is 0 Å². The lowest BCUT2D eigenvalue weighted by Crippen LogP contribution is -2.46. The lowest BCUT2D eigenvalue weighted by Gasteiger charge is -2.34. The van der Waals surface area contributed by atoms with E-state index in [-0.39, 0.29) is 30.8 Å². The normalized spacial score (nSPS) is 37.5. The average molecular weight is 510 g/mol. The number of ketones is 1. The second-order valence-electron chi connectivity index (χ2n) is 10.9. The number of nitrogens with zero attached hydrogens (tertiary/aromatic N) is 1. The number of epoxide rings is 1. The van der Waals surface area contributed by atoms with Gasteiger partial charge in [-0.15, -0.1) is 11.3 Å². The number of hydrogen-bond donors (Lipinski definition) is 2. The number of hydrogen-bond acceptors (Lipinski definition) is 9. The van der Waals surface area contributed by atoms with Gasteiger partial charge in [-0.05, 0) is 32.4 Å². The summed E-state index contributed by atoms with van der Waals surface area (Å²) < 4.78 is 17.6. The highest BCUT2D eigenvalue weighted by Crippen LogP contribution is 2.41. The van der Waals surface area contributed by atoms with Gasteiger partial charge in [-0.2, -0.15) is 0 Å². The summed E-state index contributed by atoms with van der Waals surface area (Å²) in [5, 5.41) is 24.5. The van der Waals surface area contributed by atoms with Gasteiger partial charge in [0, 0.05) is 23.6 Å². The Labute approximate surface area is 211 Å². The fourth-order valence-electron chi connectivity index (χ4n) is 4.57. The Kier molecular flexibility index (Phi) is 8.59. The lowest BCUT2D eigenvalue weighted by molar-refractivity contribution is -0.154.